The Balaban J connectivity index is 2.00. The Kier molecular flexibility index (Phi) is 4.07. The summed E-state index contributed by atoms with van der Waals surface area (Å²) in [5, 5.41) is 13.7. The van der Waals surface area contributed by atoms with Gasteiger partial charge in [-0.3, -0.25) is 0 Å². The van der Waals surface area contributed by atoms with Crippen LogP contribution in [0.4, 0.5) is 5.82 Å². The topological polar surface area (TPSA) is 73.3 Å². The fourth-order valence-corrected chi connectivity index (χ4v) is 1.73. The van der Waals surface area contributed by atoms with Crippen molar-refractivity contribution in [1.82, 2.24) is 9.78 Å². The van der Waals surface area contributed by atoms with Gasteiger partial charge in [-0.25, -0.2) is 4.68 Å². The zero-order valence-electron chi connectivity index (χ0n) is 9.71. The molecule has 18 heavy (non-hydrogen) atoms. The minimum absolute atomic E-state index is 0.000467. The molecule has 1 aromatic heterocycles. The number of hydrogen-bond acceptors (Lipinski definition) is 4. The van der Waals surface area contributed by atoms with E-state index in [0.717, 1.165) is 0 Å². The number of halogens is 1. The highest BCUT2D eigenvalue weighted by atomic mass is 35.5. The van der Waals surface area contributed by atoms with Crippen LogP contribution < -0.4 is 10.5 Å². The van der Waals surface area contributed by atoms with Gasteiger partial charge < -0.3 is 15.6 Å². The molecular formula is C12H14ClN3O2. The highest BCUT2D eigenvalue weighted by Gasteiger charge is 2.05. The predicted octanol–water partition coefficient (Wildman–Crippen LogP) is 1.69. The smallest absolute Gasteiger partial charge is 0.132 e. The number of benzene rings is 1. The summed E-state index contributed by atoms with van der Waals surface area (Å²) in [4.78, 5) is 0. The Morgan fingerprint density at radius 1 is 1.39 bits per heavy atom. The molecule has 0 bridgehead atoms. The summed E-state index contributed by atoms with van der Waals surface area (Å²) < 4.78 is 7.08. The molecule has 2 rings (SSSR count). The molecule has 0 spiro atoms. The molecule has 2 aromatic rings. The molecule has 6 heteroatoms. The van der Waals surface area contributed by atoms with Crippen LogP contribution in [0.25, 0.3) is 0 Å². The Bertz CT molecular complexity index is 528. The number of anilines is 1. The van der Waals surface area contributed by atoms with E-state index in [1.807, 2.05) is 12.1 Å². The van der Waals surface area contributed by atoms with Crippen molar-refractivity contribution in [2.75, 3.05) is 12.3 Å². The summed E-state index contributed by atoms with van der Waals surface area (Å²) in [6.07, 6.45) is 0. The van der Waals surface area contributed by atoms with Crippen LogP contribution in [0.5, 0.6) is 5.75 Å². The molecule has 0 radical (unpaired) electrons. The second kappa shape index (κ2) is 5.75. The van der Waals surface area contributed by atoms with Crippen molar-refractivity contribution in [3.05, 3.63) is 41.0 Å². The molecule has 0 aliphatic carbocycles. The van der Waals surface area contributed by atoms with E-state index in [1.165, 1.54) is 4.68 Å². The molecule has 1 heterocycles. The Hall–Kier alpha value is -1.72. The third kappa shape index (κ3) is 3.15. The maximum absolute atomic E-state index is 8.83. The molecular weight excluding hydrogens is 254 g/mol. The summed E-state index contributed by atoms with van der Waals surface area (Å²) in [7, 11) is 0. The molecule has 1 aromatic carbocycles. The van der Waals surface area contributed by atoms with Gasteiger partial charge in [0.25, 0.3) is 0 Å². The van der Waals surface area contributed by atoms with Crippen LogP contribution in [0.1, 0.15) is 5.69 Å². The Morgan fingerprint density at radius 3 is 2.94 bits per heavy atom. The van der Waals surface area contributed by atoms with Crippen molar-refractivity contribution in [3.63, 3.8) is 0 Å². The maximum Gasteiger partial charge on any atom is 0.132 e. The number of aliphatic hydroxyl groups excluding tert-OH is 1. The van der Waals surface area contributed by atoms with Crippen molar-refractivity contribution in [3.8, 4) is 5.75 Å². The van der Waals surface area contributed by atoms with E-state index in [0.29, 0.717) is 35.4 Å². The quantitative estimate of drug-likeness (QED) is 0.865. The number of aromatic nitrogens is 2. The van der Waals surface area contributed by atoms with Gasteiger partial charge in [-0.1, -0.05) is 17.7 Å². The van der Waals surface area contributed by atoms with Crippen molar-refractivity contribution in [1.29, 1.82) is 0 Å². The first-order valence-corrected chi connectivity index (χ1v) is 5.88. The van der Waals surface area contributed by atoms with Crippen LogP contribution in [-0.2, 0) is 13.2 Å². The van der Waals surface area contributed by atoms with Crippen LogP contribution in [0.3, 0.4) is 0 Å². The lowest BCUT2D eigenvalue weighted by atomic mass is 10.3. The third-order valence-electron chi connectivity index (χ3n) is 2.36. The summed E-state index contributed by atoms with van der Waals surface area (Å²) in [6.45, 7) is 0.687. The van der Waals surface area contributed by atoms with Gasteiger partial charge in [0, 0.05) is 11.1 Å². The Morgan fingerprint density at radius 2 is 2.22 bits per heavy atom. The average Bonchev–Trinajstić information content (AvgIpc) is 2.69. The van der Waals surface area contributed by atoms with Gasteiger partial charge in [0.2, 0.25) is 0 Å². The molecule has 3 N–H and O–H groups in total. The lowest BCUT2D eigenvalue weighted by molar-refractivity contribution is 0.267. The van der Waals surface area contributed by atoms with E-state index in [4.69, 9.17) is 27.2 Å². The monoisotopic (exact) mass is 267 g/mol. The molecule has 5 nitrogen and oxygen atoms in total. The third-order valence-corrected chi connectivity index (χ3v) is 2.59. The molecule has 0 atom stereocenters. The normalized spacial score (nSPS) is 10.6. The number of hydrogen-bond donors (Lipinski definition) is 2. The zero-order valence-corrected chi connectivity index (χ0v) is 10.5. The number of aliphatic hydroxyl groups is 1. The average molecular weight is 268 g/mol. The van der Waals surface area contributed by atoms with Crippen LogP contribution >= 0.6 is 11.6 Å². The molecule has 0 saturated carbocycles. The fourth-order valence-electron chi connectivity index (χ4n) is 1.55. The largest absolute Gasteiger partial charge is 0.487 e. The number of ether oxygens (including phenoxy) is 1. The number of nitrogens with zero attached hydrogens (tertiary/aromatic N) is 2. The summed E-state index contributed by atoms with van der Waals surface area (Å²) in [6, 6.07) is 8.87. The molecule has 0 aliphatic heterocycles. The van der Waals surface area contributed by atoms with Crippen LogP contribution in [-0.4, -0.2) is 21.5 Å². The maximum atomic E-state index is 8.83. The second-order valence-corrected chi connectivity index (χ2v) is 4.19. The van der Waals surface area contributed by atoms with E-state index in [-0.39, 0.29) is 6.61 Å². The zero-order chi connectivity index (χ0) is 13.0. The number of nitrogens with two attached hydrogens (primary N) is 1. The highest BCUT2D eigenvalue weighted by Crippen LogP contribution is 2.18. The van der Waals surface area contributed by atoms with Crippen LogP contribution in [0, 0.1) is 0 Å². The van der Waals surface area contributed by atoms with E-state index < -0.39 is 0 Å². The predicted molar refractivity (Wildman–Crippen MR) is 69.5 cm³/mol. The molecule has 96 valence electrons. The van der Waals surface area contributed by atoms with Gasteiger partial charge >= 0.3 is 0 Å². The van der Waals surface area contributed by atoms with Crippen LogP contribution in [0.15, 0.2) is 30.3 Å². The second-order valence-electron chi connectivity index (χ2n) is 3.75. The first-order valence-electron chi connectivity index (χ1n) is 5.50. The van der Waals surface area contributed by atoms with Gasteiger partial charge in [0.05, 0.1) is 13.2 Å². The minimum atomic E-state index is 0.000467. The van der Waals surface area contributed by atoms with Crippen molar-refractivity contribution < 1.29 is 9.84 Å². The standard InChI is InChI=1S/C12H14ClN3O2/c13-9-2-1-3-11(6-9)18-8-10-7-12(14)16(15-10)4-5-17/h1-3,6-7,17H,4-5,8,14H2. The van der Waals surface area contributed by atoms with Crippen molar-refractivity contribution in [2.24, 2.45) is 0 Å². The van der Waals surface area contributed by atoms with Gasteiger partial charge in [0.15, 0.2) is 0 Å². The summed E-state index contributed by atoms with van der Waals surface area (Å²) in [5.41, 5.74) is 6.44. The first kappa shape index (κ1) is 12.7. The number of nitrogen functional groups attached to an aromatic ring is 1. The highest BCUT2D eigenvalue weighted by molar-refractivity contribution is 6.30. The van der Waals surface area contributed by atoms with Crippen molar-refractivity contribution >= 4 is 17.4 Å². The first-order chi connectivity index (χ1) is 8.69. The lowest BCUT2D eigenvalue weighted by Crippen LogP contribution is -2.08. The Labute approximate surface area is 110 Å². The van der Waals surface area contributed by atoms with E-state index >= 15 is 0 Å². The molecule has 0 amide bonds. The molecule has 0 unspecified atom stereocenters. The molecule has 0 aliphatic rings. The lowest BCUT2D eigenvalue weighted by Gasteiger charge is -2.04. The van der Waals surface area contributed by atoms with Gasteiger partial charge in [-0.05, 0) is 18.2 Å². The molecule has 0 fully saturated rings. The summed E-state index contributed by atoms with van der Waals surface area (Å²) in [5.74, 6) is 1.19. The van der Waals surface area contributed by atoms with Crippen LogP contribution in [0.2, 0.25) is 5.02 Å². The van der Waals surface area contributed by atoms with Gasteiger partial charge in [-0.2, -0.15) is 5.10 Å². The van der Waals surface area contributed by atoms with Crippen molar-refractivity contribution in [2.45, 2.75) is 13.2 Å². The fraction of sp³-hybridized carbons (Fsp3) is 0.250. The minimum Gasteiger partial charge on any atom is -0.487 e. The number of rotatable bonds is 5. The summed E-state index contributed by atoms with van der Waals surface area (Å²) >= 11 is 5.85. The van der Waals surface area contributed by atoms with Gasteiger partial charge in [-0.15, -0.1) is 0 Å². The SMILES string of the molecule is Nc1cc(COc2cccc(Cl)c2)nn1CCO. The van der Waals surface area contributed by atoms with Gasteiger partial charge in [0.1, 0.15) is 23.9 Å². The van der Waals surface area contributed by atoms with E-state index in [2.05, 4.69) is 5.10 Å². The van der Waals surface area contributed by atoms with E-state index in [1.54, 1.807) is 18.2 Å². The van der Waals surface area contributed by atoms with E-state index in [9.17, 15) is 0 Å². The molecule has 0 saturated heterocycles.